The summed E-state index contributed by atoms with van der Waals surface area (Å²) in [5, 5.41) is 22.3. The second kappa shape index (κ2) is 6.06. The minimum absolute atomic E-state index is 0.0101. The van der Waals surface area contributed by atoms with E-state index in [0.29, 0.717) is 12.5 Å². The minimum atomic E-state index is -0.825. The van der Waals surface area contributed by atoms with Gasteiger partial charge in [-0.2, -0.15) is 0 Å². The molecule has 1 aromatic rings. The van der Waals surface area contributed by atoms with Crippen molar-refractivity contribution in [2.75, 3.05) is 6.54 Å². The monoisotopic (exact) mass is 256 g/mol. The van der Waals surface area contributed by atoms with Crippen LogP contribution in [0.25, 0.3) is 0 Å². The van der Waals surface area contributed by atoms with Gasteiger partial charge in [0.2, 0.25) is 0 Å². The summed E-state index contributed by atoms with van der Waals surface area (Å²) >= 11 is 0. The zero-order chi connectivity index (χ0) is 13.7. The van der Waals surface area contributed by atoms with Crippen LogP contribution in [0.2, 0.25) is 0 Å². The Hall–Kier alpha value is -2.02. The Bertz CT molecular complexity index is 464. The van der Waals surface area contributed by atoms with Gasteiger partial charge in [0.15, 0.2) is 0 Å². The molecule has 1 aromatic carbocycles. The summed E-state index contributed by atoms with van der Waals surface area (Å²) in [6.45, 7) is 1.72. The third-order valence-electron chi connectivity index (χ3n) is 2.37. The number of rotatable bonds is 5. The quantitative estimate of drug-likeness (QED) is 0.612. The summed E-state index contributed by atoms with van der Waals surface area (Å²) in [5.41, 5.74) is -0.830. The first-order chi connectivity index (χ1) is 8.45. The van der Waals surface area contributed by atoms with Crippen LogP contribution in [-0.4, -0.2) is 28.6 Å². The molecular formula is C11H13FN2O4. The number of aliphatic hydroxyl groups excluding tert-OH is 1. The number of carbonyl (C=O) groups is 1. The second-order valence-electron chi connectivity index (χ2n) is 3.69. The van der Waals surface area contributed by atoms with Gasteiger partial charge < -0.3 is 10.4 Å². The lowest BCUT2D eigenvalue weighted by Gasteiger charge is -2.09. The molecule has 0 aliphatic rings. The highest BCUT2D eigenvalue weighted by atomic mass is 19.1. The van der Waals surface area contributed by atoms with E-state index >= 15 is 0 Å². The Morgan fingerprint density at radius 2 is 2.28 bits per heavy atom. The van der Waals surface area contributed by atoms with Gasteiger partial charge in [-0.05, 0) is 18.6 Å². The summed E-state index contributed by atoms with van der Waals surface area (Å²) in [6.07, 6.45) is -0.264. The Morgan fingerprint density at radius 1 is 1.61 bits per heavy atom. The van der Waals surface area contributed by atoms with E-state index in [4.69, 9.17) is 0 Å². The van der Waals surface area contributed by atoms with E-state index in [1.807, 2.05) is 0 Å². The standard InChI is InChI=1S/C11H13FN2O4/c1-2-8(15)6-13-11(16)9-4-3-7(12)5-10(9)14(17)18/h3-5,8,15H,2,6H2,1H3,(H,13,16). The highest BCUT2D eigenvalue weighted by Gasteiger charge is 2.21. The smallest absolute Gasteiger partial charge is 0.285 e. The molecule has 0 aliphatic heterocycles. The van der Waals surface area contributed by atoms with Gasteiger partial charge in [0.05, 0.1) is 17.1 Å². The lowest BCUT2D eigenvalue weighted by Crippen LogP contribution is -2.32. The van der Waals surface area contributed by atoms with E-state index in [1.54, 1.807) is 6.92 Å². The SMILES string of the molecule is CCC(O)CNC(=O)c1ccc(F)cc1[N+](=O)[O-]. The van der Waals surface area contributed by atoms with Crippen molar-refractivity contribution in [1.82, 2.24) is 5.32 Å². The van der Waals surface area contributed by atoms with Crippen LogP contribution in [0.1, 0.15) is 23.7 Å². The van der Waals surface area contributed by atoms with Gasteiger partial charge in [-0.15, -0.1) is 0 Å². The molecule has 2 N–H and O–H groups in total. The van der Waals surface area contributed by atoms with E-state index < -0.39 is 28.4 Å². The predicted octanol–water partition coefficient (Wildman–Crippen LogP) is 1.23. The number of hydrogen-bond acceptors (Lipinski definition) is 4. The Morgan fingerprint density at radius 3 is 2.83 bits per heavy atom. The summed E-state index contributed by atoms with van der Waals surface area (Å²) in [4.78, 5) is 21.5. The number of carbonyl (C=O) groups excluding carboxylic acids is 1. The van der Waals surface area contributed by atoms with Crippen LogP contribution < -0.4 is 5.32 Å². The molecule has 1 atom stereocenters. The minimum Gasteiger partial charge on any atom is -0.391 e. The van der Waals surface area contributed by atoms with Crippen LogP contribution in [0.3, 0.4) is 0 Å². The third kappa shape index (κ3) is 3.49. The van der Waals surface area contributed by atoms with E-state index in [0.717, 1.165) is 12.1 Å². The molecule has 1 rings (SSSR count). The van der Waals surface area contributed by atoms with Crippen molar-refractivity contribution < 1.29 is 19.2 Å². The number of nitro groups is 1. The van der Waals surface area contributed by atoms with Crippen molar-refractivity contribution in [3.8, 4) is 0 Å². The number of amides is 1. The van der Waals surface area contributed by atoms with Crippen LogP contribution in [0.15, 0.2) is 18.2 Å². The third-order valence-corrected chi connectivity index (χ3v) is 2.37. The van der Waals surface area contributed by atoms with Crippen LogP contribution in [0.5, 0.6) is 0 Å². The fourth-order valence-electron chi connectivity index (χ4n) is 1.30. The topological polar surface area (TPSA) is 92.5 Å². The molecule has 0 spiro atoms. The van der Waals surface area contributed by atoms with E-state index in [2.05, 4.69) is 5.32 Å². The van der Waals surface area contributed by atoms with Gasteiger partial charge in [-0.25, -0.2) is 4.39 Å². The predicted molar refractivity (Wildman–Crippen MR) is 61.7 cm³/mol. The molecule has 0 heterocycles. The average molecular weight is 256 g/mol. The van der Waals surface area contributed by atoms with Crippen LogP contribution >= 0.6 is 0 Å². The van der Waals surface area contributed by atoms with Gasteiger partial charge in [-0.1, -0.05) is 6.92 Å². The van der Waals surface area contributed by atoms with Crippen LogP contribution in [0.4, 0.5) is 10.1 Å². The number of aliphatic hydroxyl groups is 1. The zero-order valence-electron chi connectivity index (χ0n) is 9.72. The van der Waals surface area contributed by atoms with Crippen molar-refractivity contribution in [1.29, 1.82) is 0 Å². The zero-order valence-corrected chi connectivity index (χ0v) is 9.72. The van der Waals surface area contributed by atoms with E-state index in [9.17, 15) is 24.4 Å². The number of hydrogen-bond donors (Lipinski definition) is 2. The summed E-state index contributed by atoms with van der Waals surface area (Å²) in [5.74, 6) is -1.50. The van der Waals surface area contributed by atoms with Gasteiger partial charge in [-0.3, -0.25) is 14.9 Å². The van der Waals surface area contributed by atoms with Crippen molar-refractivity contribution in [2.24, 2.45) is 0 Å². The lowest BCUT2D eigenvalue weighted by atomic mass is 10.1. The van der Waals surface area contributed by atoms with E-state index in [-0.39, 0.29) is 12.1 Å². The molecule has 0 saturated carbocycles. The Kier molecular flexibility index (Phi) is 4.73. The highest BCUT2D eigenvalue weighted by Crippen LogP contribution is 2.19. The Labute approximate surface area is 103 Å². The molecule has 0 fully saturated rings. The molecule has 1 amide bonds. The summed E-state index contributed by atoms with van der Waals surface area (Å²) in [7, 11) is 0. The molecule has 7 heteroatoms. The summed E-state index contributed by atoms with van der Waals surface area (Å²) < 4.78 is 12.9. The van der Waals surface area contributed by atoms with Crippen molar-refractivity contribution in [3.63, 3.8) is 0 Å². The molecule has 18 heavy (non-hydrogen) atoms. The second-order valence-corrected chi connectivity index (χ2v) is 3.69. The molecular weight excluding hydrogens is 243 g/mol. The summed E-state index contributed by atoms with van der Waals surface area (Å²) in [6, 6.07) is 2.70. The normalized spacial score (nSPS) is 11.9. The number of nitrogens with zero attached hydrogens (tertiary/aromatic N) is 1. The van der Waals surface area contributed by atoms with Crippen LogP contribution in [-0.2, 0) is 0 Å². The maximum atomic E-state index is 12.9. The molecule has 6 nitrogen and oxygen atoms in total. The largest absolute Gasteiger partial charge is 0.391 e. The maximum absolute atomic E-state index is 12.9. The van der Waals surface area contributed by atoms with Crippen molar-refractivity contribution in [3.05, 3.63) is 39.7 Å². The molecule has 1 unspecified atom stereocenters. The number of benzene rings is 1. The molecule has 98 valence electrons. The fraction of sp³-hybridized carbons (Fsp3) is 0.364. The molecule has 0 aliphatic carbocycles. The number of nitro benzene ring substituents is 1. The molecule has 0 aromatic heterocycles. The van der Waals surface area contributed by atoms with E-state index in [1.165, 1.54) is 0 Å². The molecule has 0 saturated heterocycles. The first-order valence-electron chi connectivity index (χ1n) is 5.36. The Balaban J connectivity index is 2.88. The van der Waals surface area contributed by atoms with Gasteiger partial charge in [0.1, 0.15) is 11.4 Å². The maximum Gasteiger partial charge on any atom is 0.285 e. The van der Waals surface area contributed by atoms with Crippen LogP contribution in [0, 0.1) is 15.9 Å². The molecule has 0 radical (unpaired) electrons. The van der Waals surface area contributed by atoms with Gasteiger partial charge in [0.25, 0.3) is 11.6 Å². The highest BCUT2D eigenvalue weighted by molar-refractivity contribution is 5.98. The van der Waals surface area contributed by atoms with Crippen molar-refractivity contribution >= 4 is 11.6 Å². The molecule has 0 bridgehead atoms. The number of nitrogens with one attached hydrogen (secondary N) is 1. The average Bonchev–Trinajstić information content (AvgIpc) is 2.35. The fourth-order valence-corrected chi connectivity index (χ4v) is 1.30. The number of halogens is 1. The van der Waals surface area contributed by atoms with Gasteiger partial charge >= 0.3 is 0 Å². The van der Waals surface area contributed by atoms with Crippen molar-refractivity contribution in [2.45, 2.75) is 19.4 Å². The first-order valence-corrected chi connectivity index (χ1v) is 5.36. The lowest BCUT2D eigenvalue weighted by molar-refractivity contribution is -0.385. The van der Waals surface area contributed by atoms with Gasteiger partial charge in [0, 0.05) is 6.54 Å². The first kappa shape index (κ1) is 14.0.